The van der Waals surface area contributed by atoms with Gasteiger partial charge in [0.2, 0.25) is 0 Å². The normalized spacial score (nSPS) is 24.3. The van der Waals surface area contributed by atoms with E-state index in [2.05, 4.69) is 5.10 Å². The number of morpholine rings is 1. The number of hydrogen-bond donors (Lipinski definition) is 1. The van der Waals surface area contributed by atoms with Crippen molar-refractivity contribution in [2.24, 2.45) is 0 Å². The highest BCUT2D eigenvalue weighted by molar-refractivity contribution is 5.97. The van der Waals surface area contributed by atoms with Crippen molar-refractivity contribution in [1.29, 1.82) is 0 Å². The van der Waals surface area contributed by atoms with Crippen molar-refractivity contribution in [3.05, 3.63) is 11.9 Å². The van der Waals surface area contributed by atoms with Crippen LogP contribution in [0, 0.1) is 0 Å². The highest BCUT2D eigenvalue weighted by atomic mass is 16.5. The number of aromatic nitrogens is 2. The second-order valence-corrected chi connectivity index (χ2v) is 4.76. The molecular formula is C12H20N4O2. The fraction of sp³-hybridized carbons (Fsp3) is 0.667. The number of nitrogens with zero attached hydrogens (tertiary/aromatic N) is 3. The molecule has 18 heavy (non-hydrogen) atoms. The number of hydrogen-bond acceptors (Lipinski definition) is 4. The molecule has 2 heterocycles. The van der Waals surface area contributed by atoms with Gasteiger partial charge in [-0.2, -0.15) is 5.10 Å². The third-order valence-corrected chi connectivity index (χ3v) is 3.02. The first-order chi connectivity index (χ1) is 8.51. The fourth-order valence-electron chi connectivity index (χ4n) is 2.26. The minimum atomic E-state index is -0.110. The van der Waals surface area contributed by atoms with Crippen molar-refractivity contribution < 1.29 is 9.53 Å². The molecule has 1 aromatic rings. The molecular weight excluding hydrogens is 232 g/mol. The van der Waals surface area contributed by atoms with Crippen molar-refractivity contribution in [3.8, 4) is 0 Å². The van der Waals surface area contributed by atoms with Crippen LogP contribution in [-0.4, -0.2) is 45.9 Å². The summed E-state index contributed by atoms with van der Waals surface area (Å²) in [5, 5.41) is 4.21. The Hall–Kier alpha value is -1.56. The zero-order valence-electron chi connectivity index (χ0n) is 11.1. The number of nitrogens with two attached hydrogens (primary N) is 1. The first-order valence-electron chi connectivity index (χ1n) is 6.29. The largest absolute Gasteiger partial charge is 0.396 e. The second-order valence-electron chi connectivity index (χ2n) is 4.76. The molecule has 1 amide bonds. The van der Waals surface area contributed by atoms with Crippen LogP contribution in [0.1, 0.15) is 31.3 Å². The van der Waals surface area contributed by atoms with E-state index >= 15 is 0 Å². The molecule has 2 rings (SSSR count). The molecule has 1 aliphatic heterocycles. The van der Waals surface area contributed by atoms with Crippen LogP contribution in [0.5, 0.6) is 0 Å². The van der Waals surface area contributed by atoms with Crippen LogP contribution < -0.4 is 5.73 Å². The lowest BCUT2D eigenvalue weighted by Gasteiger charge is -2.34. The van der Waals surface area contributed by atoms with E-state index in [1.165, 1.54) is 0 Å². The Morgan fingerprint density at radius 2 is 2.11 bits per heavy atom. The number of anilines is 1. The number of carbonyl (C=O) groups excluding carboxylic acids is 1. The van der Waals surface area contributed by atoms with E-state index in [1.807, 2.05) is 20.8 Å². The summed E-state index contributed by atoms with van der Waals surface area (Å²) < 4.78 is 7.28. The molecule has 1 saturated heterocycles. The van der Waals surface area contributed by atoms with Crippen molar-refractivity contribution in [2.45, 2.75) is 39.5 Å². The van der Waals surface area contributed by atoms with Gasteiger partial charge in [0.05, 0.1) is 17.9 Å². The number of rotatable bonds is 2. The SMILES string of the molecule is CCn1cc(N)c(C(=O)N2CC(C)OC(C)C2)n1. The van der Waals surface area contributed by atoms with Crippen molar-refractivity contribution in [1.82, 2.24) is 14.7 Å². The van der Waals surface area contributed by atoms with Gasteiger partial charge in [-0.05, 0) is 20.8 Å². The summed E-state index contributed by atoms with van der Waals surface area (Å²) in [6.07, 6.45) is 1.79. The number of nitrogen functional groups attached to an aromatic ring is 1. The average molecular weight is 252 g/mol. The topological polar surface area (TPSA) is 73.4 Å². The summed E-state index contributed by atoms with van der Waals surface area (Å²) in [4.78, 5) is 14.1. The van der Waals surface area contributed by atoms with Gasteiger partial charge in [0.1, 0.15) is 0 Å². The highest BCUT2D eigenvalue weighted by Crippen LogP contribution is 2.17. The minimum Gasteiger partial charge on any atom is -0.396 e. The third-order valence-electron chi connectivity index (χ3n) is 3.02. The van der Waals surface area contributed by atoms with Gasteiger partial charge in [0, 0.05) is 25.8 Å². The highest BCUT2D eigenvalue weighted by Gasteiger charge is 2.29. The first kappa shape index (κ1) is 12.9. The van der Waals surface area contributed by atoms with E-state index in [-0.39, 0.29) is 18.1 Å². The Morgan fingerprint density at radius 3 is 2.61 bits per heavy atom. The van der Waals surface area contributed by atoms with Gasteiger partial charge in [-0.15, -0.1) is 0 Å². The van der Waals surface area contributed by atoms with Crippen molar-refractivity contribution in [2.75, 3.05) is 18.8 Å². The molecule has 0 bridgehead atoms. The summed E-state index contributed by atoms with van der Waals surface area (Å²) >= 11 is 0. The molecule has 0 spiro atoms. The molecule has 2 atom stereocenters. The maximum atomic E-state index is 12.4. The molecule has 0 saturated carbocycles. The lowest BCUT2D eigenvalue weighted by molar-refractivity contribution is -0.0587. The first-order valence-corrected chi connectivity index (χ1v) is 6.29. The van der Waals surface area contributed by atoms with Gasteiger partial charge in [0.15, 0.2) is 5.69 Å². The van der Waals surface area contributed by atoms with Crippen LogP contribution in [0.25, 0.3) is 0 Å². The Labute approximate surface area is 107 Å². The van der Waals surface area contributed by atoms with E-state index in [9.17, 15) is 4.79 Å². The van der Waals surface area contributed by atoms with Crippen LogP contribution in [0.4, 0.5) is 5.69 Å². The lowest BCUT2D eigenvalue weighted by Crippen LogP contribution is -2.48. The van der Waals surface area contributed by atoms with Gasteiger partial charge in [-0.25, -0.2) is 0 Å². The Balaban J connectivity index is 2.17. The molecule has 100 valence electrons. The zero-order chi connectivity index (χ0) is 13.3. The minimum absolute atomic E-state index is 0.0483. The Kier molecular flexibility index (Phi) is 3.56. The van der Waals surface area contributed by atoms with E-state index in [1.54, 1.807) is 15.8 Å². The van der Waals surface area contributed by atoms with Crippen LogP contribution in [0.3, 0.4) is 0 Å². The standard InChI is InChI=1S/C12H20N4O2/c1-4-16-7-10(13)11(14-16)12(17)15-5-8(2)18-9(3)6-15/h7-9H,4-6,13H2,1-3H3. The third kappa shape index (κ3) is 2.48. The number of carbonyl (C=O) groups is 1. The zero-order valence-corrected chi connectivity index (χ0v) is 11.1. The molecule has 1 fully saturated rings. The van der Waals surface area contributed by atoms with E-state index in [0.29, 0.717) is 31.0 Å². The van der Waals surface area contributed by atoms with Crippen LogP contribution in [0.15, 0.2) is 6.20 Å². The molecule has 0 aliphatic carbocycles. The van der Waals surface area contributed by atoms with E-state index < -0.39 is 0 Å². The molecule has 2 unspecified atom stereocenters. The maximum Gasteiger partial charge on any atom is 0.276 e. The quantitative estimate of drug-likeness (QED) is 0.842. The summed E-state index contributed by atoms with van der Waals surface area (Å²) in [6, 6.07) is 0. The summed E-state index contributed by atoms with van der Waals surface area (Å²) in [6.45, 7) is 7.75. The average Bonchev–Trinajstić information content (AvgIpc) is 2.68. The van der Waals surface area contributed by atoms with Crippen molar-refractivity contribution in [3.63, 3.8) is 0 Å². The smallest absolute Gasteiger partial charge is 0.276 e. The van der Waals surface area contributed by atoms with Gasteiger partial charge < -0.3 is 15.4 Å². The van der Waals surface area contributed by atoms with E-state index in [4.69, 9.17) is 10.5 Å². The monoisotopic (exact) mass is 252 g/mol. The molecule has 1 aromatic heterocycles. The molecule has 6 heteroatoms. The maximum absolute atomic E-state index is 12.4. The van der Waals surface area contributed by atoms with Crippen LogP contribution >= 0.6 is 0 Å². The molecule has 0 radical (unpaired) electrons. The summed E-state index contributed by atoms with van der Waals surface area (Å²) in [5.41, 5.74) is 6.62. The summed E-state index contributed by atoms with van der Waals surface area (Å²) in [7, 11) is 0. The Bertz CT molecular complexity index is 433. The number of aryl methyl sites for hydroxylation is 1. The van der Waals surface area contributed by atoms with E-state index in [0.717, 1.165) is 0 Å². The second kappa shape index (κ2) is 4.97. The molecule has 1 aliphatic rings. The fourth-order valence-corrected chi connectivity index (χ4v) is 2.26. The number of amides is 1. The Morgan fingerprint density at radius 1 is 1.50 bits per heavy atom. The predicted octanol–water partition coefficient (Wildman–Crippen LogP) is 0.735. The number of ether oxygens (including phenoxy) is 1. The van der Waals surface area contributed by atoms with Crippen molar-refractivity contribution >= 4 is 11.6 Å². The van der Waals surface area contributed by atoms with Gasteiger partial charge in [-0.1, -0.05) is 0 Å². The van der Waals surface area contributed by atoms with Gasteiger partial charge in [0.25, 0.3) is 5.91 Å². The van der Waals surface area contributed by atoms with Crippen LogP contribution in [-0.2, 0) is 11.3 Å². The molecule has 0 aromatic carbocycles. The summed E-state index contributed by atoms with van der Waals surface area (Å²) in [5.74, 6) is -0.110. The van der Waals surface area contributed by atoms with Crippen LogP contribution in [0.2, 0.25) is 0 Å². The molecule has 6 nitrogen and oxygen atoms in total. The lowest BCUT2D eigenvalue weighted by atomic mass is 10.2. The van der Waals surface area contributed by atoms with Gasteiger partial charge >= 0.3 is 0 Å². The predicted molar refractivity (Wildman–Crippen MR) is 68.2 cm³/mol. The van der Waals surface area contributed by atoms with Gasteiger partial charge in [-0.3, -0.25) is 9.48 Å². The molecule has 2 N–H and O–H groups in total.